The summed E-state index contributed by atoms with van der Waals surface area (Å²) in [5, 5.41) is 12.5. The van der Waals surface area contributed by atoms with E-state index in [1.165, 1.54) is 15.9 Å². The quantitative estimate of drug-likeness (QED) is 0.337. The summed E-state index contributed by atoms with van der Waals surface area (Å²) in [6.45, 7) is 2.88. The monoisotopic (exact) mass is 666 g/mol. The lowest BCUT2D eigenvalue weighted by molar-refractivity contribution is -0.144. The zero-order chi connectivity index (χ0) is 34.4. The summed E-state index contributed by atoms with van der Waals surface area (Å²) in [7, 11) is 1.78. The SMILES string of the molecule is CCOC(=O)N1CCN(C(=O)[C@H](CCC(=O)O)NC(=O)c2cc(OCC(=O)N3CCC[C@H]3C(=O)N(C)C3CC3)c3ccccc3n2)CC1. The molecular formula is C33H42N6O9. The fourth-order valence-corrected chi connectivity index (χ4v) is 6.10. The van der Waals surface area contributed by atoms with E-state index in [1.807, 2.05) is 0 Å². The molecule has 0 spiro atoms. The van der Waals surface area contributed by atoms with Gasteiger partial charge in [0.25, 0.3) is 11.8 Å². The van der Waals surface area contributed by atoms with Crippen LogP contribution in [0.4, 0.5) is 4.79 Å². The minimum absolute atomic E-state index is 0.0652. The van der Waals surface area contributed by atoms with Gasteiger partial charge in [-0.25, -0.2) is 9.78 Å². The maximum Gasteiger partial charge on any atom is 0.409 e. The number of nitrogens with zero attached hydrogens (tertiary/aromatic N) is 5. The van der Waals surface area contributed by atoms with Gasteiger partial charge >= 0.3 is 12.1 Å². The molecule has 15 nitrogen and oxygen atoms in total. The molecule has 0 unspecified atom stereocenters. The fourth-order valence-electron chi connectivity index (χ4n) is 6.10. The van der Waals surface area contributed by atoms with Crippen molar-refractivity contribution in [3.63, 3.8) is 0 Å². The van der Waals surface area contributed by atoms with E-state index in [0.717, 1.165) is 12.8 Å². The fraction of sp³-hybridized carbons (Fsp3) is 0.545. The zero-order valence-electron chi connectivity index (χ0n) is 27.3. The number of hydrogen-bond donors (Lipinski definition) is 2. The normalized spacial score (nSPS) is 18.3. The number of rotatable bonds is 12. The van der Waals surface area contributed by atoms with Crippen molar-refractivity contribution in [1.29, 1.82) is 0 Å². The van der Waals surface area contributed by atoms with Crippen LogP contribution in [0, 0.1) is 0 Å². The minimum atomic E-state index is -1.17. The van der Waals surface area contributed by atoms with Gasteiger partial charge < -0.3 is 39.5 Å². The highest BCUT2D eigenvalue weighted by Crippen LogP contribution is 2.29. The number of fused-ring (bicyclic) bond motifs is 1. The Balaban J connectivity index is 1.28. The van der Waals surface area contributed by atoms with Gasteiger partial charge in [-0.2, -0.15) is 0 Å². The first-order valence-corrected chi connectivity index (χ1v) is 16.4. The van der Waals surface area contributed by atoms with E-state index in [9.17, 15) is 33.9 Å². The average Bonchev–Trinajstić information content (AvgIpc) is 3.83. The molecule has 2 atom stereocenters. The number of likely N-dealkylation sites (N-methyl/N-ethyl adjacent to an activating group) is 1. The molecule has 5 rings (SSSR count). The molecular weight excluding hydrogens is 624 g/mol. The Morgan fingerprint density at radius 1 is 1.02 bits per heavy atom. The molecule has 1 aromatic carbocycles. The first-order valence-electron chi connectivity index (χ1n) is 16.4. The van der Waals surface area contributed by atoms with Crippen LogP contribution in [-0.2, 0) is 23.9 Å². The van der Waals surface area contributed by atoms with E-state index in [0.29, 0.717) is 30.3 Å². The summed E-state index contributed by atoms with van der Waals surface area (Å²) in [5.74, 6) is -2.51. The Morgan fingerprint density at radius 3 is 2.42 bits per heavy atom. The molecule has 1 aliphatic carbocycles. The molecule has 3 aliphatic rings. The number of nitrogens with one attached hydrogen (secondary N) is 1. The van der Waals surface area contributed by atoms with Gasteiger partial charge in [0.15, 0.2) is 6.61 Å². The lowest BCUT2D eigenvalue weighted by Crippen LogP contribution is -2.56. The molecule has 2 N–H and O–H groups in total. The van der Waals surface area contributed by atoms with Crippen molar-refractivity contribution in [2.24, 2.45) is 0 Å². The predicted molar refractivity (Wildman–Crippen MR) is 171 cm³/mol. The molecule has 15 heteroatoms. The van der Waals surface area contributed by atoms with Crippen LogP contribution in [0.25, 0.3) is 10.9 Å². The van der Waals surface area contributed by atoms with Crippen LogP contribution in [0.2, 0.25) is 0 Å². The van der Waals surface area contributed by atoms with E-state index in [4.69, 9.17) is 9.47 Å². The van der Waals surface area contributed by atoms with Gasteiger partial charge in [0, 0.05) is 63.7 Å². The van der Waals surface area contributed by atoms with Crippen molar-refractivity contribution < 1.29 is 43.3 Å². The van der Waals surface area contributed by atoms with Gasteiger partial charge in [0.2, 0.25) is 11.8 Å². The van der Waals surface area contributed by atoms with Crippen molar-refractivity contribution in [1.82, 2.24) is 29.9 Å². The number of pyridine rings is 1. The van der Waals surface area contributed by atoms with Gasteiger partial charge in [-0.05, 0) is 51.2 Å². The third-order valence-corrected chi connectivity index (χ3v) is 8.93. The molecule has 2 aliphatic heterocycles. The van der Waals surface area contributed by atoms with Crippen LogP contribution < -0.4 is 10.1 Å². The first-order chi connectivity index (χ1) is 23.1. The zero-order valence-corrected chi connectivity index (χ0v) is 27.3. The number of para-hydroxylation sites is 1. The summed E-state index contributed by atoms with van der Waals surface area (Å²) in [6, 6.07) is 6.85. The Labute approximate surface area is 278 Å². The number of aromatic nitrogens is 1. The number of ether oxygens (including phenoxy) is 2. The molecule has 2 saturated heterocycles. The van der Waals surface area contributed by atoms with Crippen LogP contribution in [0.15, 0.2) is 30.3 Å². The van der Waals surface area contributed by atoms with Gasteiger partial charge in [-0.15, -0.1) is 0 Å². The number of piperazine rings is 1. The average molecular weight is 667 g/mol. The van der Waals surface area contributed by atoms with Crippen LogP contribution >= 0.6 is 0 Å². The number of benzene rings is 1. The molecule has 0 bridgehead atoms. The standard InChI is InChI=1S/C33H42N6O9/c1-3-47-33(46)38-17-15-37(16-18-38)31(44)24(12-13-29(41)42)35-30(43)25-19-27(22-7-4-5-8-23(22)34-25)48-20-28(40)39-14-6-9-26(39)32(45)36(2)21-10-11-21/h4-5,7-8,19,21,24,26H,3,6,9-18,20H2,1-2H3,(H,35,43)(H,41,42)/t24-,26-/m0/s1. The second-order valence-electron chi connectivity index (χ2n) is 12.2. The number of aliphatic carboxylic acids is 1. The van der Waals surface area contributed by atoms with Crippen LogP contribution in [-0.4, -0.2) is 136 Å². The smallest absolute Gasteiger partial charge is 0.409 e. The van der Waals surface area contributed by atoms with Crippen molar-refractivity contribution in [3.05, 3.63) is 36.0 Å². The maximum absolute atomic E-state index is 13.6. The van der Waals surface area contributed by atoms with Gasteiger partial charge in [0.1, 0.15) is 23.5 Å². The van der Waals surface area contributed by atoms with Crippen molar-refractivity contribution >= 4 is 46.6 Å². The van der Waals surface area contributed by atoms with E-state index in [2.05, 4.69) is 10.3 Å². The summed E-state index contributed by atoms with van der Waals surface area (Å²) in [4.78, 5) is 87.6. The lowest BCUT2D eigenvalue weighted by atomic mass is 10.1. The van der Waals surface area contributed by atoms with Crippen molar-refractivity contribution in [2.45, 2.75) is 63.6 Å². The highest BCUT2D eigenvalue weighted by molar-refractivity contribution is 5.99. The van der Waals surface area contributed by atoms with Crippen molar-refractivity contribution in [3.8, 4) is 5.75 Å². The summed E-state index contributed by atoms with van der Waals surface area (Å²) in [5.41, 5.74) is 0.327. The number of amides is 5. The second kappa shape index (κ2) is 15.3. The van der Waals surface area contributed by atoms with Crippen LogP contribution in [0.1, 0.15) is 55.9 Å². The second-order valence-corrected chi connectivity index (χ2v) is 12.2. The Bertz CT molecular complexity index is 1560. The van der Waals surface area contributed by atoms with Gasteiger partial charge in [-0.3, -0.25) is 24.0 Å². The topological polar surface area (TPSA) is 179 Å². The number of carbonyl (C=O) groups excluding carboxylic acids is 5. The summed E-state index contributed by atoms with van der Waals surface area (Å²) >= 11 is 0. The Hall–Kier alpha value is -4.95. The van der Waals surface area contributed by atoms with E-state index in [-0.39, 0.29) is 81.5 Å². The highest BCUT2D eigenvalue weighted by atomic mass is 16.6. The van der Waals surface area contributed by atoms with Crippen LogP contribution in [0.5, 0.6) is 5.75 Å². The molecule has 3 fully saturated rings. The first kappa shape index (κ1) is 34.4. The molecule has 1 saturated carbocycles. The van der Waals surface area contributed by atoms with Gasteiger partial charge in [-0.1, -0.05) is 12.1 Å². The largest absolute Gasteiger partial charge is 0.483 e. The Kier molecular flexibility index (Phi) is 11.0. The van der Waals surface area contributed by atoms with Gasteiger partial charge in [0.05, 0.1) is 12.1 Å². The minimum Gasteiger partial charge on any atom is -0.483 e. The molecule has 0 radical (unpaired) electrons. The highest BCUT2D eigenvalue weighted by Gasteiger charge is 2.40. The number of carboxylic acid groups (broad SMARTS) is 1. The number of hydrogen-bond acceptors (Lipinski definition) is 9. The summed E-state index contributed by atoms with van der Waals surface area (Å²) in [6.07, 6.45) is 2.25. The molecule has 258 valence electrons. The summed E-state index contributed by atoms with van der Waals surface area (Å²) < 4.78 is 11.0. The van der Waals surface area contributed by atoms with Crippen molar-refractivity contribution in [2.75, 3.05) is 53.0 Å². The molecule has 2 aromatic rings. The lowest BCUT2D eigenvalue weighted by Gasteiger charge is -2.35. The third kappa shape index (κ3) is 8.12. The molecule has 5 amide bonds. The number of carbonyl (C=O) groups is 6. The third-order valence-electron chi connectivity index (χ3n) is 8.93. The Morgan fingerprint density at radius 2 is 1.73 bits per heavy atom. The number of carboxylic acids is 1. The maximum atomic E-state index is 13.6. The molecule has 3 heterocycles. The van der Waals surface area contributed by atoms with Crippen LogP contribution in [0.3, 0.4) is 0 Å². The van der Waals surface area contributed by atoms with E-state index in [1.54, 1.807) is 48.0 Å². The molecule has 48 heavy (non-hydrogen) atoms. The van der Waals surface area contributed by atoms with E-state index >= 15 is 0 Å². The van der Waals surface area contributed by atoms with E-state index < -0.39 is 36.0 Å². The molecule has 1 aromatic heterocycles. The number of likely N-dealkylation sites (tertiary alicyclic amines) is 1. The predicted octanol–water partition coefficient (Wildman–Crippen LogP) is 1.49.